The van der Waals surface area contributed by atoms with Crippen LogP contribution in [0.4, 0.5) is 0 Å². The van der Waals surface area contributed by atoms with Gasteiger partial charge in [-0.15, -0.1) is 0 Å². The van der Waals surface area contributed by atoms with Crippen LogP contribution < -0.4 is 11.1 Å². The van der Waals surface area contributed by atoms with Crippen molar-refractivity contribution >= 4 is 11.9 Å². The van der Waals surface area contributed by atoms with E-state index in [2.05, 4.69) is 10.3 Å². The summed E-state index contributed by atoms with van der Waals surface area (Å²) in [5, 5.41) is 53.0. The molecule has 0 aromatic rings. The molecule has 1 saturated carbocycles. The van der Waals surface area contributed by atoms with Gasteiger partial charge in [0, 0.05) is 5.92 Å². The number of nitrogens with one attached hydrogen (secondary N) is 1. The summed E-state index contributed by atoms with van der Waals surface area (Å²) in [6.45, 7) is -0.795. The number of hydrogen-bond acceptors (Lipinski definition) is 10. The molecule has 0 aromatic carbocycles. The lowest BCUT2D eigenvalue weighted by Crippen LogP contribution is -2.84. The quantitative estimate of drug-likeness (QED) is 0.234. The molecule has 3 aliphatic rings. The Labute approximate surface area is 118 Å². The third-order valence-corrected chi connectivity index (χ3v) is 4.66. The standard InChI is InChI=1S/C11H17N3O7/c12-9-13-7(18)3-1-10(20,2-15)6-4(16)11(3,14-9)5(17)8(19)21-6/h3-7,15-18,20H,1-2H2,(H3,12,13,14)/t3-,4+,5-,6+,7-,10-,11-/m1/s1. The average Bonchev–Trinajstić information content (AvgIpc) is 2.42. The maximum absolute atomic E-state index is 11.8. The lowest BCUT2D eigenvalue weighted by atomic mass is 9.59. The topological polar surface area (TPSA) is 178 Å². The highest BCUT2D eigenvalue weighted by molar-refractivity contribution is 5.84. The molecular weight excluding hydrogens is 286 g/mol. The second-order valence-electron chi connectivity index (χ2n) is 5.76. The molecule has 2 bridgehead atoms. The first-order valence-electron chi connectivity index (χ1n) is 6.45. The highest BCUT2D eigenvalue weighted by Crippen LogP contribution is 2.48. The van der Waals surface area contributed by atoms with Crippen LogP contribution in [0.25, 0.3) is 0 Å². The molecule has 2 heterocycles. The van der Waals surface area contributed by atoms with Crippen molar-refractivity contribution in [3.05, 3.63) is 0 Å². The number of esters is 1. The van der Waals surface area contributed by atoms with Crippen LogP contribution >= 0.6 is 0 Å². The van der Waals surface area contributed by atoms with Crippen LogP contribution in [0.2, 0.25) is 0 Å². The van der Waals surface area contributed by atoms with E-state index in [9.17, 15) is 30.3 Å². The summed E-state index contributed by atoms with van der Waals surface area (Å²) in [6.07, 6.45) is -6.56. The van der Waals surface area contributed by atoms with Gasteiger partial charge in [0.1, 0.15) is 17.2 Å². The monoisotopic (exact) mass is 303 g/mol. The van der Waals surface area contributed by atoms with E-state index in [0.717, 1.165) is 0 Å². The maximum atomic E-state index is 11.8. The lowest BCUT2D eigenvalue weighted by Gasteiger charge is -2.60. The third kappa shape index (κ3) is 1.64. The van der Waals surface area contributed by atoms with Crippen LogP contribution in [0.5, 0.6) is 0 Å². The summed E-state index contributed by atoms with van der Waals surface area (Å²) in [5.41, 5.74) is 1.84. The van der Waals surface area contributed by atoms with Gasteiger partial charge in [-0.05, 0) is 6.42 Å². The fourth-order valence-electron chi connectivity index (χ4n) is 3.58. The molecule has 2 fully saturated rings. The molecule has 1 spiro atoms. The van der Waals surface area contributed by atoms with Gasteiger partial charge in [-0.3, -0.25) is 0 Å². The summed E-state index contributed by atoms with van der Waals surface area (Å²) < 4.78 is 4.85. The minimum atomic E-state index is -1.95. The number of aliphatic hydroxyl groups is 5. The van der Waals surface area contributed by atoms with Crippen molar-refractivity contribution < 1.29 is 35.1 Å². The van der Waals surface area contributed by atoms with Crippen LogP contribution in [-0.2, 0) is 9.53 Å². The van der Waals surface area contributed by atoms with Gasteiger partial charge in [0.2, 0.25) is 0 Å². The predicted octanol–water partition coefficient (Wildman–Crippen LogP) is -4.65. The Balaban J connectivity index is 2.16. The maximum Gasteiger partial charge on any atom is 0.338 e. The second-order valence-corrected chi connectivity index (χ2v) is 5.76. The Kier molecular flexibility index (Phi) is 2.94. The zero-order chi connectivity index (χ0) is 15.6. The number of rotatable bonds is 1. The fourth-order valence-corrected chi connectivity index (χ4v) is 3.58. The van der Waals surface area contributed by atoms with Crippen LogP contribution in [0.3, 0.4) is 0 Å². The molecule has 0 radical (unpaired) electrons. The van der Waals surface area contributed by atoms with Crippen molar-refractivity contribution in [1.29, 1.82) is 0 Å². The number of hydrogen-bond donors (Lipinski definition) is 7. The second kappa shape index (κ2) is 4.27. The summed E-state index contributed by atoms with van der Waals surface area (Å²) in [5.74, 6) is -2.38. The molecule has 0 amide bonds. The zero-order valence-corrected chi connectivity index (χ0v) is 10.9. The molecule has 10 heteroatoms. The van der Waals surface area contributed by atoms with Gasteiger partial charge in [0.05, 0.1) is 6.61 Å². The van der Waals surface area contributed by atoms with E-state index in [0.29, 0.717) is 0 Å². The molecule has 1 saturated heterocycles. The molecule has 21 heavy (non-hydrogen) atoms. The van der Waals surface area contributed by atoms with E-state index in [4.69, 9.17) is 10.5 Å². The van der Waals surface area contributed by atoms with Gasteiger partial charge >= 0.3 is 5.97 Å². The van der Waals surface area contributed by atoms with Crippen molar-refractivity contribution in [2.24, 2.45) is 16.6 Å². The van der Waals surface area contributed by atoms with Crippen molar-refractivity contribution in [2.45, 2.75) is 42.1 Å². The van der Waals surface area contributed by atoms with Gasteiger partial charge in [-0.2, -0.15) is 0 Å². The minimum absolute atomic E-state index is 0.249. The Bertz CT molecular complexity index is 514. The molecule has 118 valence electrons. The van der Waals surface area contributed by atoms with E-state index >= 15 is 0 Å². The lowest BCUT2D eigenvalue weighted by molar-refractivity contribution is -0.276. The number of guanidine groups is 1. The Morgan fingerprint density at radius 3 is 2.71 bits per heavy atom. The van der Waals surface area contributed by atoms with Gasteiger partial charge in [-0.1, -0.05) is 0 Å². The zero-order valence-electron chi connectivity index (χ0n) is 10.9. The number of fused-ring (bicyclic) bond motifs is 1. The number of carbonyl (C=O) groups excluding carboxylic acids is 1. The van der Waals surface area contributed by atoms with Crippen molar-refractivity contribution in [2.75, 3.05) is 6.61 Å². The first kappa shape index (κ1) is 14.5. The molecule has 8 N–H and O–H groups in total. The Morgan fingerprint density at radius 1 is 1.43 bits per heavy atom. The molecule has 10 nitrogen and oxygen atoms in total. The highest BCUT2D eigenvalue weighted by Gasteiger charge is 2.71. The third-order valence-electron chi connectivity index (χ3n) is 4.66. The van der Waals surface area contributed by atoms with Gasteiger partial charge < -0.3 is 41.3 Å². The molecular formula is C11H17N3O7. The Hall–Kier alpha value is -1.46. The summed E-state index contributed by atoms with van der Waals surface area (Å²) in [6, 6.07) is 0. The van der Waals surface area contributed by atoms with E-state index < -0.39 is 54.2 Å². The number of ether oxygens (including phenoxy) is 1. The smallest absolute Gasteiger partial charge is 0.338 e. The van der Waals surface area contributed by atoms with Gasteiger partial charge in [-0.25, -0.2) is 9.79 Å². The molecule has 0 aromatic heterocycles. The summed E-state index contributed by atoms with van der Waals surface area (Å²) in [4.78, 5) is 15.5. The summed E-state index contributed by atoms with van der Waals surface area (Å²) >= 11 is 0. The van der Waals surface area contributed by atoms with E-state index in [1.54, 1.807) is 0 Å². The molecule has 3 rings (SSSR count). The number of nitrogens with two attached hydrogens (primary N) is 1. The van der Waals surface area contributed by atoms with Crippen molar-refractivity contribution in [1.82, 2.24) is 5.32 Å². The van der Waals surface area contributed by atoms with Crippen LogP contribution in [0, 0.1) is 5.92 Å². The first-order valence-corrected chi connectivity index (χ1v) is 6.45. The number of nitrogens with zero attached hydrogens (tertiary/aromatic N) is 1. The first-order chi connectivity index (χ1) is 9.76. The van der Waals surface area contributed by atoms with Gasteiger partial charge in [0.15, 0.2) is 24.4 Å². The van der Waals surface area contributed by atoms with Crippen molar-refractivity contribution in [3.8, 4) is 0 Å². The minimum Gasteiger partial charge on any atom is -0.454 e. The van der Waals surface area contributed by atoms with Crippen LogP contribution in [0.15, 0.2) is 4.99 Å². The van der Waals surface area contributed by atoms with Crippen LogP contribution in [0.1, 0.15) is 6.42 Å². The van der Waals surface area contributed by atoms with E-state index in [-0.39, 0.29) is 12.4 Å². The number of aliphatic imine (C=N–C) groups is 1. The summed E-state index contributed by atoms with van der Waals surface area (Å²) in [7, 11) is 0. The predicted molar refractivity (Wildman–Crippen MR) is 65.5 cm³/mol. The highest BCUT2D eigenvalue weighted by atomic mass is 16.6. The number of aliphatic hydroxyl groups excluding tert-OH is 4. The molecule has 1 aliphatic carbocycles. The Morgan fingerprint density at radius 2 is 2.10 bits per heavy atom. The molecule has 2 aliphatic heterocycles. The van der Waals surface area contributed by atoms with Crippen molar-refractivity contribution in [3.63, 3.8) is 0 Å². The molecule has 0 unspecified atom stereocenters. The average molecular weight is 303 g/mol. The largest absolute Gasteiger partial charge is 0.454 e. The van der Waals surface area contributed by atoms with E-state index in [1.807, 2.05) is 0 Å². The van der Waals surface area contributed by atoms with Crippen LogP contribution in [-0.4, -0.2) is 79.7 Å². The number of carbonyl (C=O) groups is 1. The SMILES string of the molecule is NC1=N[C@H](O)[C@H]2C[C@@](O)(CO)[C@H]3OC(=O)[C@@H](O)[C@]2(N1)[C@H]3O. The molecule has 7 atom stereocenters. The van der Waals surface area contributed by atoms with Gasteiger partial charge in [0.25, 0.3) is 0 Å². The fraction of sp³-hybridized carbons (Fsp3) is 0.818. The van der Waals surface area contributed by atoms with E-state index in [1.165, 1.54) is 0 Å². The normalized spacial score (nSPS) is 52.3.